The van der Waals surface area contributed by atoms with Crippen LogP contribution in [0.4, 0.5) is 0 Å². The van der Waals surface area contributed by atoms with E-state index in [4.69, 9.17) is 0 Å². The fourth-order valence-corrected chi connectivity index (χ4v) is 1.26. The van der Waals surface area contributed by atoms with E-state index in [9.17, 15) is 0 Å². The summed E-state index contributed by atoms with van der Waals surface area (Å²) in [7, 11) is 0. The van der Waals surface area contributed by atoms with Gasteiger partial charge in [0.25, 0.3) is 0 Å². The first-order valence-corrected chi connectivity index (χ1v) is 6.88. The average molecular weight is 258 g/mol. The molecule has 0 atom stereocenters. The molecule has 0 N–H and O–H groups in total. The van der Waals surface area contributed by atoms with Gasteiger partial charge in [-0.25, -0.2) is 0 Å². The topological polar surface area (TPSA) is 0 Å². The van der Waals surface area contributed by atoms with Crippen molar-refractivity contribution in [2.24, 2.45) is 0 Å². The van der Waals surface area contributed by atoms with Crippen LogP contribution in [0.2, 0.25) is 0 Å². The zero-order valence-electron chi connectivity index (χ0n) is 13.1. The van der Waals surface area contributed by atoms with Crippen LogP contribution in [0.5, 0.6) is 0 Å². The normalized spacial score (nSPS) is 8.79. The van der Waals surface area contributed by atoms with Crippen molar-refractivity contribution in [2.45, 2.75) is 46.5 Å². The Hall–Kier alpha value is -1.56. The zero-order chi connectivity index (χ0) is 15.4. The van der Waals surface area contributed by atoms with Crippen molar-refractivity contribution in [1.82, 2.24) is 0 Å². The van der Waals surface area contributed by atoms with Crippen LogP contribution in [0.15, 0.2) is 73.4 Å². The van der Waals surface area contributed by atoms with Gasteiger partial charge >= 0.3 is 0 Å². The molecule has 0 saturated heterocycles. The predicted octanol–water partition coefficient (Wildman–Crippen LogP) is 6.56. The highest BCUT2D eigenvalue weighted by molar-refractivity contribution is 5.59. The van der Waals surface area contributed by atoms with Crippen molar-refractivity contribution in [3.05, 3.63) is 73.4 Å². The van der Waals surface area contributed by atoms with Crippen molar-refractivity contribution < 1.29 is 0 Å². The van der Waals surface area contributed by atoms with Crippen LogP contribution in [0.1, 0.15) is 46.5 Å². The molecule has 106 valence electrons. The molecule has 0 aromatic carbocycles. The maximum Gasteiger partial charge on any atom is -0.0187 e. The molecule has 0 heterocycles. The van der Waals surface area contributed by atoms with E-state index in [1.807, 2.05) is 6.92 Å². The number of allylic oxidation sites excluding steroid dienone is 6. The van der Waals surface area contributed by atoms with Gasteiger partial charge in [-0.05, 0) is 29.2 Å². The van der Waals surface area contributed by atoms with E-state index in [0.29, 0.717) is 0 Å². The first-order valence-electron chi connectivity index (χ1n) is 6.88. The summed E-state index contributed by atoms with van der Waals surface area (Å²) in [4.78, 5) is 0. The van der Waals surface area contributed by atoms with Gasteiger partial charge in [0.15, 0.2) is 0 Å². The molecule has 0 aliphatic heterocycles. The molecule has 0 rings (SSSR count). The Morgan fingerprint density at radius 3 is 1.47 bits per heavy atom. The third kappa shape index (κ3) is 9.07. The molecule has 0 amide bonds. The number of hydrogen-bond acceptors (Lipinski definition) is 0. The molecular weight excluding hydrogens is 228 g/mol. The van der Waals surface area contributed by atoms with Gasteiger partial charge in [-0.15, -0.1) is 0 Å². The van der Waals surface area contributed by atoms with Crippen LogP contribution in [-0.4, -0.2) is 0 Å². The van der Waals surface area contributed by atoms with E-state index in [0.717, 1.165) is 27.9 Å². The molecule has 0 aliphatic carbocycles. The Bertz CT molecular complexity index is 359. The zero-order valence-corrected chi connectivity index (χ0v) is 13.1. The highest BCUT2D eigenvalue weighted by Gasteiger charge is 2.05. The predicted molar refractivity (Wildman–Crippen MR) is 91.4 cm³/mol. The van der Waals surface area contributed by atoms with Crippen LogP contribution < -0.4 is 0 Å². The minimum atomic E-state index is 0.767. The number of rotatable bonds is 8. The molecule has 0 spiro atoms. The Balaban J connectivity index is 0. The van der Waals surface area contributed by atoms with Gasteiger partial charge in [-0.3, -0.25) is 0 Å². The van der Waals surface area contributed by atoms with Crippen molar-refractivity contribution in [3.8, 4) is 0 Å². The standard InChI is InChI=1S/C13H16.C6H14/c1-8-10(4)12(6)13(7)11(5)9(2)3;1-3-5-6-4-2/h8H,1-2,4-7H2,3H3;3-6H2,1-2H3. The largest absolute Gasteiger partial charge is 0.0985 e. The Morgan fingerprint density at radius 2 is 1.21 bits per heavy atom. The van der Waals surface area contributed by atoms with Crippen LogP contribution in [0.25, 0.3) is 0 Å². The van der Waals surface area contributed by atoms with Gasteiger partial charge in [0.05, 0.1) is 0 Å². The van der Waals surface area contributed by atoms with E-state index < -0.39 is 0 Å². The minimum Gasteiger partial charge on any atom is -0.0985 e. The summed E-state index contributed by atoms with van der Waals surface area (Å²) < 4.78 is 0. The fourth-order valence-electron chi connectivity index (χ4n) is 1.26. The van der Waals surface area contributed by atoms with E-state index >= 15 is 0 Å². The van der Waals surface area contributed by atoms with E-state index in [1.165, 1.54) is 25.7 Å². The molecule has 0 heteroatoms. The molecular formula is C19H30. The Kier molecular flexibility index (Phi) is 12.0. The average Bonchev–Trinajstić information content (AvgIpc) is 2.42. The summed E-state index contributed by atoms with van der Waals surface area (Å²) in [5.41, 5.74) is 4.02. The summed E-state index contributed by atoms with van der Waals surface area (Å²) in [6.45, 7) is 29.1. The fraction of sp³-hybridized carbons (Fsp3) is 0.368. The van der Waals surface area contributed by atoms with Crippen LogP contribution in [0.3, 0.4) is 0 Å². The summed E-state index contributed by atoms with van der Waals surface area (Å²) in [6, 6.07) is 0. The molecule has 0 nitrogen and oxygen atoms in total. The molecule has 0 aromatic heterocycles. The molecule has 0 aliphatic rings. The lowest BCUT2D eigenvalue weighted by Gasteiger charge is -2.11. The van der Waals surface area contributed by atoms with Crippen LogP contribution >= 0.6 is 0 Å². The lowest BCUT2D eigenvalue weighted by Crippen LogP contribution is -1.92. The van der Waals surface area contributed by atoms with Gasteiger partial charge in [-0.2, -0.15) is 0 Å². The summed E-state index contributed by atoms with van der Waals surface area (Å²) in [5.74, 6) is 0. The summed E-state index contributed by atoms with van der Waals surface area (Å²) in [5, 5.41) is 0. The Labute approximate surface area is 120 Å². The SMILES string of the molecule is C=CC(=C)C(=C)C(=C)C(=C)C(=C)C.CCCCCC. The quantitative estimate of drug-likeness (QED) is 0.341. The van der Waals surface area contributed by atoms with Crippen molar-refractivity contribution in [3.63, 3.8) is 0 Å². The first kappa shape index (κ1) is 19.8. The first-order chi connectivity index (χ1) is 8.83. The second-order valence-electron chi connectivity index (χ2n) is 4.65. The molecule has 19 heavy (non-hydrogen) atoms. The highest BCUT2D eigenvalue weighted by atomic mass is 14.1. The van der Waals surface area contributed by atoms with Gasteiger partial charge in [-0.1, -0.05) is 90.7 Å². The van der Waals surface area contributed by atoms with Gasteiger partial charge < -0.3 is 0 Å². The maximum atomic E-state index is 3.88. The Morgan fingerprint density at radius 1 is 0.789 bits per heavy atom. The van der Waals surface area contributed by atoms with Gasteiger partial charge in [0.2, 0.25) is 0 Å². The lowest BCUT2D eigenvalue weighted by atomic mass is 9.93. The molecule has 0 radical (unpaired) electrons. The van der Waals surface area contributed by atoms with E-state index in [-0.39, 0.29) is 0 Å². The lowest BCUT2D eigenvalue weighted by molar-refractivity contribution is 0.702. The van der Waals surface area contributed by atoms with Crippen molar-refractivity contribution in [2.75, 3.05) is 0 Å². The molecule has 0 bridgehead atoms. The summed E-state index contributed by atoms with van der Waals surface area (Å²) >= 11 is 0. The third-order valence-electron chi connectivity index (χ3n) is 2.83. The van der Waals surface area contributed by atoms with E-state index in [1.54, 1.807) is 6.08 Å². The highest BCUT2D eigenvalue weighted by Crippen LogP contribution is 2.24. The van der Waals surface area contributed by atoms with Crippen molar-refractivity contribution in [1.29, 1.82) is 0 Å². The molecule has 0 fully saturated rings. The summed E-state index contributed by atoms with van der Waals surface area (Å²) in [6.07, 6.45) is 7.19. The number of hydrogen-bond donors (Lipinski definition) is 0. The second-order valence-corrected chi connectivity index (χ2v) is 4.65. The maximum absolute atomic E-state index is 3.88. The number of unbranched alkanes of at least 4 members (excludes halogenated alkanes) is 3. The second kappa shape index (κ2) is 11.5. The minimum absolute atomic E-state index is 0.767. The molecule has 0 saturated carbocycles. The van der Waals surface area contributed by atoms with Crippen LogP contribution in [-0.2, 0) is 0 Å². The monoisotopic (exact) mass is 258 g/mol. The van der Waals surface area contributed by atoms with Gasteiger partial charge in [0.1, 0.15) is 0 Å². The molecule has 0 unspecified atom stereocenters. The smallest absolute Gasteiger partial charge is 0.0187 e. The third-order valence-corrected chi connectivity index (χ3v) is 2.83. The van der Waals surface area contributed by atoms with Gasteiger partial charge in [0, 0.05) is 0 Å². The van der Waals surface area contributed by atoms with E-state index in [2.05, 4.69) is 53.3 Å². The van der Waals surface area contributed by atoms with Crippen LogP contribution in [0, 0.1) is 0 Å². The van der Waals surface area contributed by atoms with Crippen molar-refractivity contribution >= 4 is 0 Å². The molecule has 0 aromatic rings.